The minimum absolute atomic E-state index is 0.132. The van der Waals surface area contributed by atoms with Crippen molar-refractivity contribution in [2.75, 3.05) is 0 Å². The number of amides is 1. The van der Waals surface area contributed by atoms with E-state index in [0.29, 0.717) is 5.76 Å². The van der Waals surface area contributed by atoms with E-state index in [1.165, 1.54) is 13.0 Å². The van der Waals surface area contributed by atoms with Crippen LogP contribution in [0.3, 0.4) is 0 Å². The monoisotopic (exact) mass is 331 g/mol. The Morgan fingerprint density at radius 2 is 1.79 bits per heavy atom. The average molecular weight is 331 g/mol. The molecule has 24 heavy (non-hydrogen) atoms. The molecule has 0 radical (unpaired) electrons. The molecule has 0 spiro atoms. The van der Waals surface area contributed by atoms with E-state index < -0.39 is 23.5 Å². The highest BCUT2D eigenvalue weighted by Crippen LogP contribution is 2.44. The molecule has 1 fully saturated rings. The highest BCUT2D eigenvalue weighted by atomic mass is 16.6. The van der Waals surface area contributed by atoms with Crippen molar-refractivity contribution in [1.82, 2.24) is 4.90 Å². The van der Waals surface area contributed by atoms with Crippen LogP contribution in [0.4, 0.5) is 4.79 Å². The van der Waals surface area contributed by atoms with Crippen molar-refractivity contribution in [2.45, 2.75) is 58.9 Å². The van der Waals surface area contributed by atoms with Crippen molar-refractivity contribution in [1.29, 1.82) is 0 Å². The van der Waals surface area contributed by atoms with Crippen LogP contribution in [0.15, 0.2) is 42.2 Å². The molecule has 0 N–H and O–H groups in total. The zero-order valence-corrected chi connectivity index (χ0v) is 15.1. The number of ether oxygens (including phenoxy) is 2. The summed E-state index contributed by atoms with van der Waals surface area (Å²) in [5.74, 6) is 0.317. The number of ketones is 1. The van der Waals surface area contributed by atoms with Gasteiger partial charge in [0.15, 0.2) is 11.5 Å². The molecule has 0 unspecified atom stereocenters. The van der Waals surface area contributed by atoms with E-state index in [1.807, 2.05) is 51.1 Å². The van der Waals surface area contributed by atoms with Crippen LogP contribution in [0, 0.1) is 0 Å². The molecule has 0 saturated carbocycles. The molecule has 130 valence electrons. The second-order valence-corrected chi connectivity index (χ2v) is 7.37. The second kappa shape index (κ2) is 6.30. The number of hydrogen-bond donors (Lipinski definition) is 0. The molecule has 0 bridgehead atoms. The number of carbonyl (C=O) groups excluding carboxylic acids is 2. The van der Waals surface area contributed by atoms with Gasteiger partial charge in [-0.1, -0.05) is 30.3 Å². The van der Waals surface area contributed by atoms with Crippen molar-refractivity contribution >= 4 is 11.9 Å². The Morgan fingerprint density at radius 3 is 2.29 bits per heavy atom. The van der Waals surface area contributed by atoms with Gasteiger partial charge in [0, 0.05) is 6.08 Å². The Kier molecular flexibility index (Phi) is 4.74. The fourth-order valence-electron chi connectivity index (χ4n) is 2.73. The zero-order chi connectivity index (χ0) is 18.1. The number of allylic oxidation sites excluding steroid dienone is 1. The third kappa shape index (κ3) is 3.96. The van der Waals surface area contributed by atoms with Crippen LogP contribution in [0.2, 0.25) is 0 Å². The minimum atomic E-state index is -0.926. The summed E-state index contributed by atoms with van der Waals surface area (Å²) in [5.41, 5.74) is -0.688. The summed E-state index contributed by atoms with van der Waals surface area (Å²) in [6, 6.07) is 8.98. The van der Waals surface area contributed by atoms with Gasteiger partial charge in [-0.25, -0.2) is 4.79 Å². The van der Waals surface area contributed by atoms with Crippen LogP contribution in [-0.2, 0) is 14.3 Å². The van der Waals surface area contributed by atoms with Gasteiger partial charge in [0.2, 0.25) is 0 Å². The highest BCUT2D eigenvalue weighted by Gasteiger charge is 2.50. The largest absolute Gasteiger partial charge is 0.470 e. The molecule has 1 atom stereocenters. The fourth-order valence-corrected chi connectivity index (χ4v) is 2.73. The minimum Gasteiger partial charge on any atom is -0.470 e. The first-order valence-electron chi connectivity index (χ1n) is 8.00. The van der Waals surface area contributed by atoms with Gasteiger partial charge in [-0.05, 0) is 47.1 Å². The van der Waals surface area contributed by atoms with E-state index in [-0.39, 0.29) is 5.78 Å². The maximum absolute atomic E-state index is 12.8. The van der Waals surface area contributed by atoms with Gasteiger partial charge < -0.3 is 9.47 Å². The summed E-state index contributed by atoms with van der Waals surface area (Å²) in [6.45, 7) is 10.5. The predicted molar refractivity (Wildman–Crippen MR) is 91.2 cm³/mol. The van der Waals surface area contributed by atoms with Crippen LogP contribution in [0.5, 0.6) is 0 Å². The molecular weight excluding hydrogens is 306 g/mol. The summed E-state index contributed by atoms with van der Waals surface area (Å²) in [6.07, 6.45) is 0.956. The molecule has 2 rings (SSSR count). The maximum Gasteiger partial charge on any atom is 0.414 e. The van der Waals surface area contributed by atoms with E-state index in [9.17, 15) is 9.59 Å². The van der Waals surface area contributed by atoms with E-state index in [1.54, 1.807) is 18.7 Å². The summed E-state index contributed by atoms with van der Waals surface area (Å²) >= 11 is 0. The molecule has 1 aromatic carbocycles. The normalized spacial score (nSPS) is 21.5. The van der Waals surface area contributed by atoms with Crippen LogP contribution < -0.4 is 0 Å². The van der Waals surface area contributed by atoms with Crippen LogP contribution in [0.25, 0.3) is 0 Å². The third-order valence-electron chi connectivity index (χ3n) is 3.53. The first kappa shape index (κ1) is 18.0. The van der Waals surface area contributed by atoms with Crippen molar-refractivity contribution in [3.05, 3.63) is 47.7 Å². The molecule has 1 amide bonds. The van der Waals surface area contributed by atoms with E-state index in [2.05, 4.69) is 0 Å². The molecule has 1 aliphatic rings. The molecule has 5 heteroatoms. The third-order valence-corrected chi connectivity index (χ3v) is 3.53. The summed E-state index contributed by atoms with van der Waals surface area (Å²) in [5, 5.41) is 0. The van der Waals surface area contributed by atoms with Gasteiger partial charge in [-0.3, -0.25) is 9.69 Å². The van der Waals surface area contributed by atoms with Crippen molar-refractivity contribution in [3.63, 3.8) is 0 Å². The average Bonchev–Trinajstić information content (AvgIpc) is 2.67. The molecule has 1 aromatic rings. The fraction of sp³-hybridized carbons (Fsp3) is 0.474. The quantitative estimate of drug-likeness (QED) is 0.762. The van der Waals surface area contributed by atoms with Crippen LogP contribution >= 0.6 is 0 Å². The maximum atomic E-state index is 12.8. The molecular formula is C19H25NO4. The lowest BCUT2D eigenvalue weighted by molar-refractivity contribution is -0.112. The zero-order valence-electron chi connectivity index (χ0n) is 15.1. The lowest BCUT2D eigenvalue weighted by Crippen LogP contribution is -2.47. The Morgan fingerprint density at radius 1 is 1.21 bits per heavy atom. The Labute approximate surface area is 143 Å². The Balaban J connectivity index is 2.51. The van der Waals surface area contributed by atoms with Gasteiger partial charge in [0.05, 0.1) is 0 Å². The van der Waals surface area contributed by atoms with Gasteiger partial charge in [0.25, 0.3) is 0 Å². The van der Waals surface area contributed by atoms with Gasteiger partial charge in [-0.15, -0.1) is 0 Å². The SMILES string of the molecule is CC(=O)/C=C1/OC(C)(C)N(C(=O)OC(C)(C)C)[C@H]1c1ccccc1. The first-order chi connectivity index (χ1) is 11.0. The van der Waals surface area contributed by atoms with E-state index >= 15 is 0 Å². The summed E-state index contributed by atoms with van der Waals surface area (Å²) < 4.78 is 11.5. The number of carbonyl (C=O) groups is 2. The topological polar surface area (TPSA) is 55.8 Å². The first-order valence-corrected chi connectivity index (χ1v) is 8.00. The molecule has 0 aliphatic carbocycles. The number of rotatable bonds is 2. The smallest absolute Gasteiger partial charge is 0.414 e. The Hall–Kier alpha value is -2.30. The van der Waals surface area contributed by atoms with Gasteiger partial charge in [0.1, 0.15) is 17.4 Å². The standard InChI is InChI=1S/C19H25NO4/c1-13(21)12-15-16(14-10-8-7-9-11-14)20(19(5,6)23-15)17(22)24-18(2,3)4/h7-12,16H,1-6H3/b15-12+/t16-/m0/s1. The summed E-state index contributed by atoms with van der Waals surface area (Å²) in [4.78, 5) is 25.9. The molecule has 1 heterocycles. The molecule has 5 nitrogen and oxygen atoms in total. The number of benzene rings is 1. The molecule has 0 aromatic heterocycles. The Bertz CT molecular complexity index is 656. The van der Waals surface area contributed by atoms with E-state index in [0.717, 1.165) is 5.56 Å². The van der Waals surface area contributed by atoms with E-state index in [4.69, 9.17) is 9.47 Å². The second-order valence-electron chi connectivity index (χ2n) is 7.37. The predicted octanol–water partition coefficient (Wildman–Crippen LogP) is 4.20. The lowest BCUT2D eigenvalue weighted by atomic mass is 10.0. The number of nitrogens with zero attached hydrogens (tertiary/aromatic N) is 1. The highest BCUT2D eigenvalue weighted by molar-refractivity contribution is 5.88. The van der Waals surface area contributed by atoms with Crippen molar-refractivity contribution in [2.24, 2.45) is 0 Å². The van der Waals surface area contributed by atoms with Gasteiger partial charge in [-0.2, -0.15) is 0 Å². The lowest BCUT2D eigenvalue weighted by Gasteiger charge is -2.34. The molecule has 1 aliphatic heterocycles. The van der Waals surface area contributed by atoms with Crippen LogP contribution in [0.1, 0.15) is 53.1 Å². The van der Waals surface area contributed by atoms with Crippen molar-refractivity contribution in [3.8, 4) is 0 Å². The van der Waals surface area contributed by atoms with Gasteiger partial charge >= 0.3 is 6.09 Å². The molecule has 1 saturated heterocycles. The van der Waals surface area contributed by atoms with Crippen LogP contribution in [-0.4, -0.2) is 28.1 Å². The van der Waals surface area contributed by atoms with Crippen molar-refractivity contribution < 1.29 is 19.1 Å². The summed E-state index contributed by atoms with van der Waals surface area (Å²) in [7, 11) is 0. The number of hydrogen-bond acceptors (Lipinski definition) is 4.